The van der Waals surface area contributed by atoms with Crippen LogP contribution < -0.4 is 0 Å². The highest BCUT2D eigenvalue weighted by Crippen LogP contribution is 2.23. The summed E-state index contributed by atoms with van der Waals surface area (Å²) in [5, 5.41) is 0. The number of halogens is 1. The van der Waals surface area contributed by atoms with E-state index in [-0.39, 0.29) is 5.82 Å². The zero-order valence-corrected chi connectivity index (χ0v) is 8.91. The summed E-state index contributed by atoms with van der Waals surface area (Å²) in [4.78, 5) is 10.5. The van der Waals surface area contributed by atoms with E-state index in [0.29, 0.717) is 17.4 Å². The molecule has 2 aromatic rings. The number of aldehydes is 1. The molecule has 0 unspecified atom stereocenters. The fourth-order valence-electron chi connectivity index (χ4n) is 1.65. The number of aryl methyl sites for hydroxylation is 1. The van der Waals surface area contributed by atoms with Gasteiger partial charge in [-0.15, -0.1) is 0 Å². The van der Waals surface area contributed by atoms with E-state index in [1.165, 1.54) is 6.07 Å². The van der Waals surface area contributed by atoms with Gasteiger partial charge in [-0.05, 0) is 18.6 Å². The van der Waals surface area contributed by atoms with Crippen molar-refractivity contribution in [1.29, 1.82) is 0 Å². The number of hydrogen-bond acceptors (Lipinski definition) is 1. The Morgan fingerprint density at radius 1 is 1.12 bits per heavy atom. The molecule has 0 atom stereocenters. The Morgan fingerprint density at radius 3 is 2.56 bits per heavy atom. The van der Waals surface area contributed by atoms with Crippen molar-refractivity contribution < 1.29 is 9.18 Å². The van der Waals surface area contributed by atoms with Crippen molar-refractivity contribution in [3.8, 4) is 11.1 Å². The van der Waals surface area contributed by atoms with Crippen molar-refractivity contribution in [1.82, 2.24) is 0 Å². The van der Waals surface area contributed by atoms with Gasteiger partial charge in [0.2, 0.25) is 0 Å². The lowest BCUT2D eigenvalue weighted by Gasteiger charge is -2.04. The Kier molecular flexibility index (Phi) is 2.82. The second-order valence-corrected chi connectivity index (χ2v) is 3.73. The third-order valence-corrected chi connectivity index (χ3v) is 2.46. The maximum absolute atomic E-state index is 13.7. The molecule has 80 valence electrons. The lowest BCUT2D eigenvalue weighted by molar-refractivity contribution is 0.112. The molecule has 0 saturated carbocycles. The van der Waals surface area contributed by atoms with Crippen LogP contribution in [0.5, 0.6) is 0 Å². The van der Waals surface area contributed by atoms with E-state index in [0.717, 1.165) is 11.1 Å². The molecular formula is C14H11FO. The highest BCUT2D eigenvalue weighted by molar-refractivity contribution is 5.77. The molecular weight excluding hydrogens is 203 g/mol. The summed E-state index contributed by atoms with van der Waals surface area (Å²) in [5.41, 5.74) is 2.79. The maximum Gasteiger partial charge on any atom is 0.150 e. The van der Waals surface area contributed by atoms with Gasteiger partial charge < -0.3 is 0 Å². The van der Waals surface area contributed by atoms with Crippen LogP contribution in [-0.4, -0.2) is 6.29 Å². The van der Waals surface area contributed by atoms with Crippen LogP contribution in [0, 0.1) is 12.7 Å². The van der Waals surface area contributed by atoms with Gasteiger partial charge in [-0.1, -0.05) is 42.0 Å². The first-order chi connectivity index (χ1) is 7.70. The van der Waals surface area contributed by atoms with Gasteiger partial charge in [0, 0.05) is 11.1 Å². The molecule has 0 aliphatic heterocycles. The zero-order chi connectivity index (χ0) is 11.5. The molecule has 0 radical (unpaired) electrons. The van der Waals surface area contributed by atoms with Gasteiger partial charge in [0.25, 0.3) is 0 Å². The monoisotopic (exact) mass is 214 g/mol. The van der Waals surface area contributed by atoms with E-state index in [1.807, 2.05) is 31.2 Å². The maximum atomic E-state index is 13.7. The smallest absolute Gasteiger partial charge is 0.150 e. The molecule has 2 rings (SSSR count). The summed E-state index contributed by atoms with van der Waals surface area (Å²) in [6.45, 7) is 1.96. The van der Waals surface area contributed by atoms with E-state index in [2.05, 4.69) is 0 Å². The summed E-state index contributed by atoms with van der Waals surface area (Å²) in [5.74, 6) is -0.366. The quantitative estimate of drug-likeness (QED) is 0.698. The highest BCUT2D eigenvalue weighted by atomic mass is 19.1. The standard InChI is InChI=1S/C14H11FO/c1-10-3-2-4-12(7-10)13-6-5-11(9-16)8-14(13)15/h2-9H,1H3. The van der Waals surface area contributed by atoms with Gasteiger partial charge in [0.15, 0.2) is 0 Å². The Balaban J connectivity index is 2.52. The molecule has 1 nitrogen and oxygen atoms in total. The normalized spacial score (nSPS) is 10.1. The van der Waals surface area contributed by atoms with Crippen LogP contribution in [0.4, 0.5) is 4.39 Å². The van der Waals surface area contributed by atoms with Crippen LogP contribution in [0.3, 0.4) is 0 Å². The van der Waals surface area contributed by atoms with Crippen LogP contribution in [0.1, 0.15) is 15.9 Å². The number of benzene rings is 2. The molecule has 2 heteroatoms. The third-order valence-electron chi connectivity index (χ3n) is 2.46. The average molecular weight is 214 g/mol. The molecule has 0 heterocycles. The minimum atomic E-state index is -0.366. The Morgan fingerprint density at radius 2 is 1.94 bits per heavy atom. The van der Waals surface area contributed by atoms with Gasteiger partial charge in [-0.2, -0.15) is 0 Å². The topological polar surface area (TPSA) is 17.1 Å². The summed E-state index contributed by atoms with van der Waals surface area (Å²) < 4.78 is 13.7. The molecule has 0 bridgehead atoms. The molecule has 0 aliphatic rings. The predicted octanol–water partition coefficient (Wildman–Crippen LogP) is 3.61. The van der Waals surface area contributed by atoms with Crippen molar-refractivity contribution >= 4 is 6.29 Å². The molecule has 0 aromatic heterocycles. The Labute approximate surface area is 93.5 Å². The van der Waals surface area contributed by atoms with E-state index in [9.17, 15) is 9.18 Å². The second kappa shape index (κ2) is 4.27. The lowest BCUT2D eigenvalue weighted by Crippen LogP contribution is -1.88. The fraction of sp³-hybridized carbons (Fsp3) is 0.0714. The molecule has 0 N–H and O–H groups in total. The lowest BCUT2D eigenvalue weighted by atomic mass is 10.0. The van der Waals surface area contributed by atoms with Crippen LogP contribution in [0.25, 0.3) is 11.1 Å². The van der Waals surface area contributed by atoms with Crippen molar-refractivity contribution in [3.05, 3.63) is 59.4 Å². The summed E-state index contributed by atoms with van der Waals surface area (Å²) in [7, 11) is 0. The molecule has 0 fully saturated rings. The minimum absolute atomic E-state index is 0.355. The number of rotatable bonds is 2. The number of carbonyl (C=O) groups is 1. The van der Waals surface area contributed by atoms with Gasteiger partial charge in [0.1, 0.15) is 12.1 Å². The van der Waals surface area contributed by atoms with Gasteiger partial charge >= 0.3 is 0 Å². The molecule has 0 amide bonds. The van der Waals surface area contributed by atoms with Crippen molar-refractivity contribution in [3.63, 3.8) is 0 Å². The third kappa shape index (κ3) is 2.01. The fourth-order valence-corrected chi connectivity index (χ4v) is 1.65. The van der Waals surface area contributed by atoms with Gasteiger partial charge in [-0.25, -0.2) is 4.39 Å². The van der Waals surface area contributed by atoms with E-state index in [1.54, 1.807) is 12.1 Å². The van der Waals surface area contributed by atoms with E-state index in [4.69, 9.17) is 0 Å². The average Bonchev–Trinajstić information content (AvgIpc) is 2.28. The van der Waals surface area contributed by atoms with E-state index < -0.39 is 0 Å². The molecule has 0 aliphatic carbocycles. The number of carbonyl (C=O) groups excluding carboxylic acids is 1. The molecule has 2 aromatic carbocycles. The first-order valence-corrected chi connectivity index (χ1v) is 5.02. The predicted molar refractivity (Wildman–Crippen MR) is 62.0 cm³/mol. The largest absolute Gasteiger partial charge is 0.298 e. The Hall–Kier alpha value is -1.96. The molecule has 16 heavy (non-hydrogen) atoms. The van der Waals surface area contributed by atoms with Crippen molar-refractivity contribution in [2.45, 2.75) is 6.92 Å². The first kappa shape index (κ1) is 10.6. The summed E-state index contributed by atoms with van der Waals surface area (Å²) >= 11 is 0. The number of hydrogen-bond donors (Lipinski definition) is 0. The van der Waals surface area contributed by atoms with Gasteiger partial charge in [0.05, 0.1) is 0 Å². The van der Waals surface area contributed by atoms with Gasteiger partial charge in [-0.3, -0.25) is 4.79 Å². The highest BCUT2D eigenvalue weighted by Gasteiger charge is 2.05. The molecule has 0 spiro atoms. The van der Waals surface area contributed by atoms with Crippen LogP contribution in [0.15, 0.2) is 42.5 Å². The minimum Gasteiger partial charge on any atom is -0.298 e. The SMILES string of the molecule is Cc1cccc(-c2ccc(C=O)cc2F)c1. The Bertz CT molecular complexity index is 532. The van der Waals surface area contributed by atoms with Crippen molar-refractivity contribution in [2.75, 3.05) is 0 Å². The van der Waals surface area contributed by atoms with Crippen LogP contribution >= 0.6 is 0 Å². The molecule has 0 saturated heterocycles. The van der Waals surface area contributed by atoms with Crippen LogP contribution in [0.2, 0.25) is 0 Å². The summed E-state index contributed by atoms with van der Waals surface area (Å²) in [6, 6.07) is 12.1. The first-order valence-electron chi connectivity index (χ1n) is 5.02. The van der Waals surface area contributed by atoms with E-state index >= 15 is 0 Å². The summed E-state index contributed by atoms with van der Waals surface area (Å²) in [6.07, 6.45) is 0.642. The zero-order valence-electron chi connectivity index (χ0n) is 8.91. The van der Waals surface area contributed by atoms with Crippen LogP contribution in [-0.2, 0) is 0 Å². The second-order valence-electron chi connectivity index (χ2n) is 3.73. The van der Waals surface area contributed by atoms with Crippen molar-refractivity contribution in [2.24, 2.45) is 0 Å².